The number of primary amides is 1. The maximum atomic E-state index is 13.1. The zero-order valence-corrected chi connectivity index (χ0v) is 27.2. The molecular weight excluding hydrogens is 608 g/mol. The Kier molecular flexibility index (Phi) is 12.8. The zero-order valence-electron chi connectivity index (χ0n) is 27.2. The van der Waals surface area contributed by atoms with E-state index in [1.54, 1.807) is 45.1 Å². The zero-order chi connectivity index (χ0) is 34.8. The average molecular weight is 651 g/mol. The molecule has 0 saturated heterocycles. The highest BCUT2D eigenvalue weighted by atomic mass is 16.6. The van der Waals surface area contributed by atoms with Gasteiger partial charge in [-0.25, -0.2) is 4.79 Å². The number of methoxy groups -OCH3 is 2. The minimum Gasteiger partial charge on any atom is -0.506 e. The second-order valence-electron chi connectivity index (χ2n) is 11.2. The van der Waals surface area contributed by atoms with Crippen LogP contribution in [0, 0.1) is 5.92 Å². The lowest BCUT2D eigenvalue weighted by molar-refractivity contribution is -0.112. The molecule has 0 saturated carbocycles. The molecule has 252 valence electrons. The highest BCUT2D eigenvalue weighted by molar-refractivity contribution is 6.08. The van der Waals surface area contributed by atoms with Crippen molar-refractivity contribution in [3.63, 3.8) is 0 Å². The molecule has 2 heterocycles. The summed E-state index contributed by atoms with van der Waals surface area (Å²) in [6.07, 6.45) is 4.85. The summed E-state index contributed by atoms with van der Waals surface area (Å²) in [7, 11) is 2.86. The molecule has 3 amide bonds. The van der Waals surface area contributed by atoms with Crippen molar-refractivity contribution < 1.29 is 43.9 Å². The van der Waals surface area contributed by atoms with Crippen LogP contribution >= 0.6 is 0 Å². The van der Waals surface area contributed by atoms with Gasteiger partial charge < -0.3 is 45.9 Å². The number of anilines is 2. The molecule has 0 unspecified atom stereocenters. The molecule has 2 bridgehead atoms. The van der Waals surface area contributed by atoms with Gasteiger partial charge in [0.05, 0.1) is 23.6 Å². The second kappa shape index (κ2) is 16.5. The van der Waals surface area contributed by atoms with E-state index in [1.165, 1.54) is 51.6 Å². The van der Waals surface area contributed by atoms with Crippen molar-refractivity contribution in [3.8, 4) is 11.5 Å². The molecule has 0 radical (unpaired) electrons. The molecule has 1 aliphatic rings. The van der Waals surface area contributed by atoms with Gasteiger partial charge in [-0.15, -0.1) is 0 Å². The number of pyridine rings is 1. The van der Waals surface area contributed by atoms with Crippen molar-refractivity contribution in [2.45, 2.75) is 58.5 Å². The average Bonchev–Trinajstić information content (AvgIpc) is 3.04. The topological polar surface area (TPSA) is 203 Å². The van der Waals surface area contributed by atoms with E-state index in [-0.39, 0.29) is 34.6 Å². The van der Waals surface area contributed by atoms with Crippen LogP contribution in [0.4, 0.5) is 16.2 Å². The predicted molar refractivity (Wildman–Crippen MR) is 177 cm³/mol. The van der Waals surface area contributed by atoms with Crippen LogP contribution in [0.25, 0.3) is 6.08 Å². The molecular formula is C34H42N4O9. The number of nitrogens with two attached hydrogens (primary N) is 1. The number of aromatic nitrogens is 1. The fourth-order valence-electron chi connectivity index (χ4n) is 5.09. The number of carbonyl (C=O) groups excluding carboxylic acids is 3. The summed E-state index contributed by atoms with van der Waals surface area (Å²) in [5.41, 5.74) is 6.53. The monoisotopic (exact) mass is 650 g/mol. The first kappa shape index (κ1) is 36.5. The first-order valence-corrected chi connectivity index (χ1v) is 14.8. The Morgan fingerprint density at radius 3 is 2.47 bits per heavy atom. The third-order valence-corrected chi connectivity index (χ3v) is 7.63. The Labute approximate surface area is 273 Å². The number of aliphatic hydroxyl groups is 1. The molecule has 13 nitrogen and oxygen atoms in total. The quantitative estimate of drug-likeness (QED) is 0.153. The number of hydrogen-bond acceptors (Lipinski definition) is 10. The SMILES string of the molecule is CO[C@H]1C=CC=C(C)C(=O)Nc2cc(O)c(NC(=O)c3ccccn3)c(c2O)C=C(C)C[C@H](OC)[C@H](O)[C@@H](C)C=C(C)[C@@H]1OC(N)=O. The first-order chi connectivity index (χ1) is 22.3. The smallest absolute Gasteiger partial charge is 0.405 e. The van der Waals surface area contributed by atoms with E-state index in [9.17, 15) is 29.7 Å². The summed E-state index contributed by atoms with van der Waals surface area (Å²) in [6.45, 7) is 6.73. The molecule has 47 heavy (non-hydrogen) atoms. The molecule has 7 N–H and O–H groups in total. The van der Waals surface area contributed by atoms with E-state index < -0.39 is 59.7 Å². The van der Waals surface area contributed by atoms with Gasteiger partial charge in [-0.05, 0) is 51.0 Å². The number of nitrogens with one attached hydrogen (secondary N) is 2. The van der Waals surface area contributed by atoms with Gasteiger partial charge >= 0.3 is 6.09 Å². The van der Waals surface area contributed by atoms with E-state index in [0.29, 0.717) is 11.1 Å². The number of aliphatic hydroxyl groups excluding tert-OH is 1. The Balaban J connectivity index is 2.18. The van der Waals surface area contributed by atoms with E-state index in [0.717, 1.165) is 6.07 Å². The molecule has 2 aromatic rings. The van der Waals surface area contributed by atoms with Gasteiger partial charge in [-0.2, -0.15) is 0 Å². The maximum Gasteiger partial charge on any atom is 0.405 e. The lowest BCUT2D eigenvalue weighted by Crippen LogP contribution is -2.36. The van der Waals surface area contributed by atoms with E-state index >= 15 is 0 Å². The van der Waals surface area contributed by atoms with Gasteiger partial charge in [0.1, 0.15) is 23.3 Å². The number of aromatic hydroxyl groups is 2. The number of rotatable bonds is 5. The van der Waals surface area contributed by atoms with Crippen molar-refractivity contribution in [1.29, 1.82) is 0 Å². The molecule has 0 spiro atoms. The van der Waals surface area contributed by atoms with Crippen LogP contribution in [0.1, 0.15) is 50.2 Å². The number of fused-ring (bicyclic) bond motifs is 2. The maximum absolute atomic E-state index is 13.1. The van der Waals surface area contributed by atoms with E-state index in [4.69, 9.17) is 19.9 Å². The van der Waals surface area contributed by atoms with Crippen LogP contribution in [-0.2, 0) is 19.0 Å². The molecule has 1 aromatic heterocycles. The third kappa shape index (κ3) is 9.51. The molecule has 5 atom stereocenters. The molecule has 0 aliphatic carbocycles. The van der Waals surface area contributed by atoms with Gasteiger partial charge in [0, 0.05) is 43.5 Å². The Morgan fingerprint density at radius 2 is 1.85 bits per heavy atom. The van der Waals surface area contributed by atoms with E-state index in [2.05, 4.69) is 15.6 Å². The summed E-state index contributed by atoms with van der Waals surface area (Å²) in [4.78, 5) is 41.9. The fraction of sp³-hybridized carbons (Fsp3) is 0.353. The Morgan fingerprint density at radius 1 is 1.13 bits per heavy atom. The van der Waals surface area contributed by atoms with Crippen molar-refractivity contribution in [1.82, 2.24) is 4.98 Å². The van der Waals surface area contributed by atoms with Crippen molar-refractivity contribution in [3.05, 3.63) is 82.7 Å². The number of nitrogens with zero attached hydrogens (tertiary/aromatic N) is 1. The summed E-state index contributed by atoms with van der Waals surface area (Å²) in [5, 5.41) is 38.9. The van der Waals surface area contributed by atoms with Gasteiger partial charge in [0.25, 0.3) is 11.8 Å². The van der Waals surface area contributed by atoms with Crippen molar-refractivity contribution in [2.75, 3.05) is 24.9 Å². The van der Waals surface area contributed by atoms with Crippen LogP contribution in [-0.4, -0.2) is 76.8 Å². The number of allylic oxidation sites excluding steroid dienone is 2. The minimum atomic E-state index is -1.05. The van der Waals surface area contributed by atoms with Crippen molar-refractivity contribution >= 4 is 35.4 Å². The third-order valence-electron chi connectivity index (χ3n) is 7.63. The number of phenols is 2. The number of benzene rings is 1. The van der Waals surface area contributed by atoms with Crippen molar-refractivity contribution in [2.24, 2.45) is 11.7 Å². The number of hydrogen-bond donors (Lipinski definition) is 6. The summed E-state index contributed by atoms with van der Waals surface area (Å²) in [5.74, 6) is -2.62. The van der Waals surface area contributed by atoms with Gasteiger partial charge in [-0.3, -0.25) is 14.6 Å². The number of phenolic OH excluding ortho intramolecular Hbond substituents is 2. The normalized spacial score (nSPS) is 22.7. The van der Waals surface area contributed by atoms with Crippen LogP contribution < -0.4 is 16.4 Å². The largest absolute Gasteiger partial charge is 0.506 e. The Bertz CT molecular complexity index is 1580. The highest BCUT2D eigenvalue weighted by Crippen LogP contribution is 2.42. The fourth-order valence-corrected chi connectivity index (χ4v) is 5.09. The Hall–Kier alpha value is -4.98. The van der Waals surface area contributed by atoms with Crippen LogP contribution in [0.2, 0.25) is 0 Å². The first-order valence-electron chi connectivity index (χ1n) is 14.8. The van der Waals surface area contributed by atoms with Crippen LogP contribution in [0.5, 0.6) is 11.5 Å². The molecule has 1 aliphatic heterocycles. The van der Waals surface area contributed by atoms with E-state index in [1.807, 2.05) is 0 Å². The van der Waals surface area contributed by atoms with Gasteiger partial charge in [0.2, 0.25) is 0 Å². The number of ether oxygens (including phenoxy) is 3. The summed E-state index contributed by atoms with van der Waals surface area (Å²) < 4.78 is 16.6. The highest BCUT2D eigenvalue weighted by Gasteiger charge is 2.29. The second-order valence-corrected chi connectivity index (χ2v) is 11.2. The molecule has 13 heteroatoms. The van der Waals surface area contributed by atoms with Gasteiger partial charge in [-0.1, -0.05) is 42.9 Å². The van der Waals surface area contributed by atoms with Gasteiger partial charge in [0.15, 0.2) is 6.10 Å². The summed E-state index contributed by atoms with van der Waals surface area (Å²) >= 11 is 0. The number of carbonyl (C=O) groups is 3. The predicted octanol–water partition coefficient (Wildman–Crippen LogP) is 4.43. The number of amides is 3. The lowest BCUT2D eigenvalue weighted by atomic mass is 9.91. The lowest BCUT2D eigenvalue weighted by Gasteiger charge is -2.28. The standard InChI is InChI=1S/C34H42N4O9/c1-18-14-22-28(38-33(43)23-11-7-8-13-36-23)25(39)17-24(30(22)41)37-32(42)19(2)10-9-12-26(45-5)31(47-34(35)44)21(4)16-20(3)29(40)27(15-18)46-6/h7-14,16-17,20,26-27,29,31,39-41H,15H2,1-6H3,(H2,35,44)(H,37,42)(H,38,43)/t20-,26-,27-,29+,31-/m0/s1. The minimum absolute atomic E-state index is 0.00374. The molecule has 1 aromatic carbocycles. The van der Waals surface area contributed by atoms with Crippen LogP contribution in [0.15, 0.2) is 71.5 Å². The van der Waals surface area contributed by atoms with Crippen LogP contribution in [0.3, 0.4) is 0 Å². The molecule has 0 fully saturated rings. The summed E-state index contributed by atoms with van der Waals surface area (Å²) in [6, 6.07) is 5.88. The molecule has 3 rings (SSSR count).